The highest BCUT2D eigenvalue weighted by Crippen LogP contribution is 2.38. The van der Waals surface area contributed by atoms with Gasteiger partial charge in [0.2, 0.25) is 0 Å². The highest BCUT2D eigenvalue weighted by molar-refractivity contribution is 6.60. The fourth-order valence-electron chi connectivity index (χ4n) is 4.18. The Bertz CT molecular complexity index is 937. The molecule has 7 nitrogen and oxygen atoms in total. The molecule has 0 aliphatic carbocycles. The molecule has 0 radical (unpaired) electrons. The molecule has 4 rings (SSSR count). The number of aldehydes is 1. The van der Waals surface area contributed by atoms with Gasteiger partial charge in [0.05, 0.1) is 6.04 Å². The van der Waals surface area contributed by atoms with Crippen molar-refractivity contribution in [2.75, 3.05) is 0 Å². The monoisotopic (exact) mass is 365 g/mol. The molecule has 2 aliphatic heterocycles. The summed E-state index contributed by atoms with van der Waals surface area (Å²) in [4.78, 5) is 30.7. The van der Waals surface area contributed by atoms with E-state index in [2.05, 4.69) is 11.1 Å². The average Bonchev–Trinajstić information content (AvgIpc) is 3.20. The van der Waals surface area contributed by atoms with Crippen molar-refractivity contribution >= 4 is 30.3 Å². The third-order valence-corrected chi connectivity index (χ3v) is 5.48. The summed E-state index contributed by atoms with van der Waals surface area (Å²) in [7, 11) is 0.213. The van der Waals surface area contributed by atoms with E-state index in [1.165, 1.54) is 12.1 Å². The van der Waals surface area contributed by atoms with Gasteiger partial charge in [-0.25, -0.2) is 4.98 Å². The minimum Gasteiger partial charge on any atom is -0.423 e. The molecular formula is C19H20BN3O4. The lowest BCUT2D eigenvalue weighted by atomic mass is 9.76. The third-order valence-electron chi connectivity index (χ3n) is 5.48. The lowest BCUT2D eigenvalue weighted by Gasteiger charge is -2.34. The first-order valence-corrected chi connectivity index (χ1v) is 8.96. The first-order valence-electron chi connectivity index (χ1n) is 8.96. The molecule has 0 spiro atoms. The number of hydrogen-bond acceptors (Lipinski definition) is 5. The molecule has 2 N–H and O–H groups in total. The number of fused-ring (bicyclic) bond motifs is 2. The Kier molecular flexibility index (Phi) is 4.45. The minimum absolute atomic E-state index is 0.00531. The highest BCUT2D eigenvalue weighted by Gasteiger charge is 2.40. The average molecular weight is 365 g/mol. The van der Waals surface area contributed by atoms with Crippen LogP contribution in [-0.4, -0.2) is 55.9 Å². The van der Waals surface area contributed by atoms with Gasteiger partial charge in [0, 0.05) is 36.6 Å². The van der Waals surface area contributed by atoms with Gasteiger partial charge in [-0.3, -0.25) is 9.59 Å². The molecule has 8 heteroatoms. The number of carbonyl (C=O) groups excluding carboxylic acids is 2. The van der Waals surface area contributed by atoms with Crippen LogP contribution in [0.1, 0.15) is 45.8 Å². The molecule has 2 bridgehead atoms. The lowest BCUT2D eigenvalue weighted by molar-refractivity contribution is 0.0692. The normalized spacial score (nSPS) is 21.1. The van der Waals surface area contributed by atoms with Crippen molar-refractivity contribution in [2.45, 2.75) is 31.3 Å². The predicted octanol–water partition coefficient (Wildman–Crippen LogP) is 0.373. The fraction of sp³-hybridized carbons (Fsp3) is 0.316. The number of imidazole rings is 1. The van der Waals surface area contributed by atoms with Gasteiger partial charge in [0.25, 0.3) is 5.91 Å². The summed E-state index contributed by atoms with van der Waals surface area (Å²) in [5, 5.41) is 18.7. The van der Waals surface area contributed by atoms with E-state index in [1.807, 2.05) is 22.7 Å². The standard InChI is InChI=1S/C19H20BN3O4/c1-22-7-6-21-18(22)13-9-15-3-4-16(10-13)23(15)19(25)12-2-5-17(20(26)27)14(8-12)11-24/h2,5-9,11,15-16,26-27H,3-4,10H2,1H3. The van der Waals surface area contributed by atoms with Gasteiger partial charge < -0.3 is 19.5 Å². The Hall–Kier alpha value is -2.71. The number of benzene rings is 1. The van der Waals surface area contributed by atoms with Crippen molar-refractivity contribution in [1.82, 2.24) is 14.5 Å². The van der Waals surface area contributed by atoms with E-state index in [-0.39, 0.29) is 29.0 Å². The molecule has 0 saturated carbocycles. The van der Waals surface area contributed by atoms with Crippen LogP contribution in [0.4, 0.5) is 0 Å². The Morgan fingerprint density at radius 2 is 2.15 bits per heavy atom. The molecule has 2 aliphatic rings. The summed E-state index contributed by atoms with van der Waals surface area (Å²) in [6.07, 6.45) is 8.92. The van der Waals surface area contributed by atoms with E-state index in [0.29, 0.717) is 11.8 Å². The summed E-state index contributed by atoms with van der Waals surface area (Å²) in [6.45, 7) is 0. The molecule has 3 heterocycles. The van der Waals surface area contributed by atoms with Gasteiger partial charge in [-0.1, -0.05) is 12.1 Å². The highest BCUT2D eigenvalue weighted by atomic mass is 16.4. The first kappa shape index (κ1) is 17.7. The Balaban J connectivity index is 1.63. The third kappa shape index (κ3) is 3.00. The van der Waals surface area contributed by atoms with Crippen molar-refractivity contribution in [3.05, 3.63) is 53.6 Å². The summed E-state index contributed by atoms with van der Waals surface area (Å²) >= 11 is 0. The quantitative estimate of drug-likeness (QED) is 0.603. The van der Waals surface area contributed by atoms with Gasteiger partial charge >= 0.3 is 7.12 Å². The van der Waals surface area contributed by atoms with Crippen LogP contribution in [0.5, 0.6) is 0 Å². The number of amides is 1. The largest absolute Gasteiger partial charge is 0.489 e. The molecule has 138 valence electrons. The van der Waals surface area contributed by atoms with E-state index in [0.717, 1.165) is 30.7 Å². The molecule has 1 aromatic carbocycles. The lowest BCUT2D eigenvalue weighted by Crippen LogP contribution is -2.43. The van der Waals surface area contributed by atoms with Crippen molar-refractivity contribution < 1.29 is 19.6 Å². The van der Waals surface area contributed by atoms with Crippen LogP contribution in [0, 0.1) is 0 Å². The van der Waals surface area contributed by atoms with Crippen LogP contribution >= 0.6 is 0 Å². The van der Waals surface area contributed by atoms with Crippen molar-refractivity contribution in [3.63, 3.8) is 0 Å². The molecule has 1 aromatic heterocycles. The van der Waals surface area contributed by atoms with Crippen LogP contribution in [0.25, 0.3) is 5.57 Å². The molecule has 1 amide bonds. The van der Waals surface area contributed by atoms with Gasteiger partial charge in [0.1, 0.15) is 12.1 Å². The number of nitrogens with zero attached hydrogens (tertiary/aromatic N) is 3. The zero-order chi connectivity index (χ0) is 19.1. The van der Waals surface area contributed by atoms with E-state index in [1.54, 1.807) is 12.3 Å². The molecule has 2 aromatic rings. The second-order valence-electron chi connectivity index (χ2n) is 7.10. The first-order chi connectivity index (χ1) is 13.0. The molecule has 2 unspecified atom stereocenters. The topological polar surface area (TPSA) is 95.7 Å². The molecule has 27 heavy (non-hydrogen) atoms. The molecule has 1 saturated heterocycles. The second kappa shape index (κ2) is 6.79. The summed E-state index contributed by atoms with van der Waals surface area (Å²) in [6, 6.07) is 4.50. The molecule has 2 atom stereocenters. The number of aryl methyl sites for hydroxylation is 1. The SMILES string of the molecule is Cn1ccnc1C1=CC2CCC(C1)N2C(=O)c1ccc(B(O)O)c(C=O)c1. The van der Waals surface area contributed by atoms with Crippen LogP contribution in [0.3, 0.4) is 0 Å². The molecule has 1 fully saturated rings. The zero-order valence-electron chi connectivity index (χ0n) is 14.9. The maximum atomic E-state index is 13.1. The number of carbonyl (C=O) groups is 2. The van der Waals surface area contributed by atoms with Crippen molar-refractivity contribution in [3.8, 4) is 0 Å². The van der Waals surface area contributed by atoms with E-state index in [4.69, 9.17) is 0 Å². The Labute approximate surface area is 157 Å². The van der Waals surface area contributed by atoms with E-state index >= 15 is 0 Å². The van der Waals surface area contributed by atoms with Gasteiger partial charge in [-0.05, 0) is 42.4 Å². The van der Waals surface area contributed by atoms with E-state index < -0.39 is 7.12 Å². The maximum Gasteiger partial charge on any atom is 0.489 e. The number of aromatic nitrogens is 2. The fourth-order valence-corrected chi connectivity index (χ4v) is 4.18. The summed E-state index contributed by atoms with van der Waals surface area (Å²) in [5.41, 5.74) is 1.75. The van der Waals surface area contributed by atoms with Crippen molar-refractivity contribution in [2.24, 2.45) is 7.05 Å². The summed E-state index contributed by atoms with van der Waals surface area (Å²) < 4.78 is 1.98. The van der Waals surface area contributed by atoms with Gasteiger partial charge in [-0.15, -0.1) is 0 Å². The Morgan fingerprint density at radius 1 is 1.33 bits per heavy atom. The maximum absolute atomic E-state index is 13.1. The number of rotatable bonds is 4. The van der Waals surface area contributed by atoms with E-state index in [9.17, 15) is 19.6 Å². The van der Waals surface area contributed by atoms with Crippen LogP contribution in [0.15, 0.2) is 36.7 Å². The van der Waals surface area contributed by atoms with Crippen LogP contribution < -0.4 is 5.46 Å². The van der Waals surface area contributed by atoms with Gasteiger partial charge in [-0.2, -0.15) is 0 Å². The smallest absolute Gasteiger partial charge is 0.423 e. The predicted molar refractivity (Wildman–Crippen MR) is 100 cm³/mol. The second-order valence-corrected chi connectivity index (χ2v) is 7.10. The minimum atomic E-state index is -1.75. The molecular weight excluding hydrogens is 345 g/mol. The van der Waals surface area contributed by atoms with Crippen LogP contribution in [-0.2, 0) is 7.05 Å². The zero-order valence-corrected chi connectivity index (χ0v) is 14.9. The summed E-state index contributed by atoms with van der Waals surface area (Å²) in [5.74, 6) is 0.795. The number of hydrogen-bond donors (Lipinski definition) is 2. The van der Waals surface area contributed by atoms with Crippen LogP contribution in [0.2, 0.25) is 0 Å². The Morgan fingerprint density at radius 3 is 2.78 bits per heavy atom. The van der Waals surface area contributed by atoms with Gasteiger partial charge in [0.15, 0.2) is 0 Å². The van der Waals surface area contributed by atoms with Crippen molar-refractivity contribution in [1.29, 1.82) is 0 Å².